The Balaban J connectivity index is 4.34. The first-order chi connectivity index (χ1) is 38.5. The van der Waals surface area contributed by atoms with Crippen molar-refractivity contribution in [2.24, 2.45) is 0 Å². The molecular weight excluding hydrogens is 961 g/mol. The number of rotatable bonds is 63. The summed E-state index contributed by atoms with van der Waals surface area (Å²) < 4.78 is 16.9. The fourth-order valence-electron chi connectivity index (χ4n) is 10.2. The molecule has 1 atom stereocenters. The van der Waals surface area contributed by atoms with Gasteiger partial charge in [0.25, 0.3) is 0 Å². The summed E-state index contributed by atoms with van der Waals surface area (Å²) in [7, 11) is 0. The normalized spacial score (nSPS) is 12.4. The Morgan fingerprint density at radius 1 is 0.269 bits per heavy atom. The molecule has 0 heterocycles. The van der Waals surface area contributed by atoms with Crippen molar-refractivity contribution in [2.75, 3.05) is 13.2 Å². The van der Waals surface area contributed by atoms with Gasteiger partial charge in [-0.2, -0.15) is 0 Å². The second-order valence-corrected chi connectivity index (χ2v) is 23.1. The SMILES string of the molecule is CC/C=C\C/C=C\C/C=C\C/C=C\C/C=C\CCCC(=O)OCC(COC(=O)CCCCCCCCCCCCCCCCCCCCCCCCCC)OC(=O)CCCCCCCCCCCCCCCCCCCCC. The fourth-order valence-corrected chi connectivity index (χ4v) is 10.2. The van der Waals surface area contributed by atoms with Gasteiger partial charge in [0.05, 0.1) is 0 Å². The molecule has 0 aliphatic rings. The monoisotopic (exact) mass is 1090 g/mol. The largest absolute Gasteiger partial charge is 0.462 e. The molecule has 0 fully saturated rings. The molecule has 1 unspecified atom stereocenters. The van der Waals surface area contributed by atoms with E-state index in [1.54, 1.807) is 0 Å². The first-order valence-electron chi connectivity index (χ1n) is 34.3. The highest BCUT2D eigenvalue weighted by Crippen LogP contribution is 2.18. The zero-order valence-corrected chi connectivity index (χ0v) is 52.2. The summed E-state index contributed by atoms with van der Waals surface area (Å²) in [5.74, 6) is -0.923. The van der Waals surface area contributed by atoms with E-state index >= 15 is 0 Å². The van der Waals surface area contributed by atoms with Gasteiger partial charge in [0.2, 0.25) is 0 Å². The van der Waals surface area contributed by atoms with Crippen molar-refractivity contribution >= 4 is 17.9 Å². The highest BCUT2D eigenvalue weighted by molar-refractivity contribution is 5.71. The molecule has 6 nitrogen and oxygen atoms in total. The van der Waals surface area contributed by atoms with Gasteiger partial charge < -0.3 is 14.2 Å². The minimum atomic E-state index is -0.795. The van der Waals surface area contributed by atoms with Crippen LogP contribution in [0, 0.1) is 0 Å². The Morgan fingerprint density at radius 3 is 0.782 bits per heavy atom. The maximum atomic E-state index is 12.9. The van der Waals surface area contributed by atoms with E-state index in [1.807, 2.05) is 0 Å². The Labute approximate surface area is 485 Å². The van der Waals surface area contributed by atoms with Crippen LogP contribution in [0.5, 0.6) is 0 Å². The van der Waals surface area contributed by atoms with Crippen molar-refractivity contribution in [2.45, 2.75) is 367 Å². The molecule has 0 aliphatic carbocycles. The van der Waals surface area contributed by atoms with Crippen molar-refractivity contribution in [1.82, 2.24) is 0 Å². The van der Waals surface area contributed by atoms with Crippen LogP contribution in [0.4, 0.5) is 0 Å². The van der Waals surface area contributed by atoms with Gasteiger partial charge >= 0.3 is 17.9 Å². The molecule has 0 aromatic carbocycles. The average molecular weight is 1090 g/mol. The summed E-state index contributed by atoms with van der Waals surface area (Å²) in [4.78, 5) is 38.4. The van der Waals surface area contributed by atoms with E-state index in [2.05, 4.69) is 81.5 Å². The number of unbranched alkanes of at least 4 members (excludes halogenated alkanes) is 42. The molecule has 6 heteroatoms. The Bertz CT molecular complexity index is 1390. The van der Waals surface area contributed by atoms with Crippen LogP contribution >= 0.6 is 0 Å². The van der Waals surface area contributed by atoms with Crippen LogP contribution in [0.25, 0.3) is 0 Å². The maximum absolute atomic E-state index is 12.9. The standard InChI is InChI=1S/C72H130O6/c1-4-7-10-13-16-19-22-25-28-31-33-34-35-36-37-39-41-44-47-50-53-56-59-62-65-71(74)77-68-69(67-76-70(73)64-61-58-55-52-49-46-43-40-30-27-24-21-18-15-12-9-6-3)78-72(75)66-63-60-57-54-51-48-45-42-38-32-29-26-23-20-17-14-11-8-5-2/h9,12,18,21,27,30,43,46,52,55,69H,4-8,10-11,13-17,19-20,22-26,28-29,31-42,44-45,47-51,53-54,56-68H2,1-3H3/b12-9-,21-18-,30-27-,46-43-,55-52-. The molecule has 0 aromatic heterocycles. The summed E-state index contributed by atoms with van der Waals surface area (Å²) in [6.07, 6.45) is 85.4. The lowest BCUT2D eigenvalue weighted by atomic mass is 10.0. The minimum absolute atomic E-state index is 0.0868. The molecule has 0 aliphatic heterocycles. The molecule has 0 aromatic rings. The van der Waals surface area contributed by atoms with Crippen LogP contribution in [-0.4, -0.2) is 37.2 Å². The van der Waals surface area contributed by atoms with Crippen LogP contribution in [0.2, 0.25) is 0 Å². The molecule has 0 saturated heterocycles. The topological polar surface area (TPSA) is 78.9 Å². The molecule has 78 heavy (non-hydrogen) atoms. The number of hydrogen-bond donors (Lipinski definition) is 0. The average Bonchev–Trinajstić information content (AvgIpc) is 3.44. The third-order valence-electron chi connectivity index (χ3n) is 15.3. The summed E-state index contributed by atoms with van der Waals surface area (Å²) >= 11 is 0. The Morgan fingerprint density at radius 2 is 0.500 bits per heavy atom. The molecule has 454 valence electrons. The second-order valence-electron chi connectivity index (χ2n) is 23.1. The van der Waals surface area contributed by atoms with Gasteiger partial charge in [-0.3, -0.25) is 14.4 Å². The molecule has 0 N–H and O–H groups in total. The molecule has 0 bridgehead atoms. The quantitative estimate of drug-likeness (QED) is 0.0261. The number of carbonyl (C=O) groups excluding carboxylic acids is 3. The van der Waals surface area contributed by atoms with Crippen LogP contribution in [0.1, 0.15) is 361 Å². The number of hydrogen-bond acceptors (Lipinski definition) is 6. The number of allylic oxidation sites excluding steroid dienone is 10. The van der Waals surface area contributed by atoms with Gasteiger partial charge in [0.15, 0.2) is 6.10 Å². The van der Waals surface area contributed by atoms with Crippen LogP contribution < -0.4 is 0 Å². The smallest absolute Gasteiger partial charge is 0.306 e. The Hall–Kier alpha value is -2.89. The van der Waals surface area contributed by atoms with Crippen LogP contribution in [0.3, 0.4) is 0 Å². The summed E-state index contributed by atoms with van der Waals surface area (Å²) in [6.45, 7) is 6.55. The highest BCUT2D eigenvalue weighted by atomic mass is 16.6. The number of carbonyl (C=O) groups is 3. The van der Waals surface area contributed by atoms with E-state index in [9.17, 15) is 14.4 Å². The van der Waals surface area contributed by atoms with Crippen LogP contribution in [0.15, 0.2) is 60.8 Å². The van der Waals surface area contributed by atoms with Crippen LogP contribution in [-0.2, 0) is 28.6 Å². The van der Waals surface area contributed by atoms with Gasteiger partial charge in [-0.1, -0.05) is 345 Å². The third kappa shape index (κ3) is 63.9. The number of ether oxygens (including phenoxy) is 3. The van der Waals surface area contributed by atoms with E-state index in [-0.39, 0.29) is 37.5 Å². The fraction of sp³-hybridized carbons (Fsp3) is 0.819. The maximum Gasteiger partial charge on any atom is 0.306 e. The first kappa shape index (κ1) is 75.1. The molecule has 0 rings (SSSR count). The van der Waals surface area contributed by atoms with Gasteiger partial charge in [-0.15, -0.1) is 0 Å². The lowest BCUT2D eigenvalue weighted by Gasteiger charge is -2.18. The second kappa shape index (κ2) is 66.6. The summed E-state index contributed by atoms with van der Waals surface area (Å²) in [6, 6.07) is 0. The van der Waals surface area contributed by atoms with Gasteiger partial charge in [0.1, 0.15) is 13.2 Å². The Kier molecular flexibility index (Phi) is 64.2. The number of esters is 3. The van der Waals surface area contributed by atoms with E-state index in [0.29, 0.717) is 19.3 Å². The van der Waals surface area contributed by atoms with Gasteiger partial charge in [0, 0.05) is 19.3 Å². The van der Waals surface area contributed by atoms with E-state index in [1.165, 1.54) is 238 Å². The van der Waals surface area contributed by atoms with Crippen molar-refractivity contribution in [3.8, 4) is 0 Å². The van der Waals surface area contributed by atoms with E-state index in [4.69, 9.17) is 14.2 Å². The lowest BCUT2D eigenvalue weighted by Crippen LogP contribution is -2.30. The molecule has 0 saturated carbocycles. The molecule has 0 spiro atoms. The van der Waals surface area contributed by atoms with Crippen molar-refractivity contribution < 1.29 is 28.6 Å². The predicted octanol–water partition coefficient (Wildman–Crippen LogP) is 23.5. The van der Waals surface area contributed by atoms with Gasteiger partial charge in [-0.05, 0) is 57.8 Å². The van der Waals surface area contributed by atoms with E-state index < -0.39 is 6.10 Å². The summed E-state index contributed by atoms with van der Waals surface area (Å²) in [5.41, 5.74) is 0. The summed E-state index contributed by atoms with van der Waals surface area (Å²) in [5, 5.41) is 0. The minimum Gasteiger partial charge on any atom is -0.462 e. The van der Waals surface area contributed by atoms with Crippen molar-refractivity contribution in [3.05, 3.63) is 60.8 Å². The van der Waals surface area contributed by atoms with Crippen molar-refractivity contribution in [3.63, 3.8) is 0 Å². The first-order valence-corrected chi connectivity index (χ1v) is 34.3. The zero-order chi connectivity index (χ0) is 56.4. The molecule has 0 radical (unpaired) electrons. The lowest BCUT2D eigenvalue weighted by molar-refractivity contribution is -0.167. The molecular formula is C72H130O6. The zero-order valence-electron chi connectivity index (χ0n) is 52.2. The predicted molar refractivity (Wildman–Crippen MR) is 339 cm³/mol. The van der Waals surface area contributed by atoms with Crippen molar-refractivity contribution in [1.29, 1.82) is 0 Å². The molecule has 0 amide bonds. The van der Waals surface area contributed by atoms with E-state index in [0.717, 1.165) is 77.0 Å². The highest BCUT2D eigenvalue weighted by Gasteiger charge is 2.19. The van der Waals surface area contributed by atoms with Gasteiger partial charge in [-0.25, -0.2) is 0 Å². The third-order valence-corrected chi connectivity index (χ3v) is 15.3.